The molecule has 1 atom stereocenters. The summed E-state index contributed by atoms with van der Waals surface area (Å²) in [5, 5.41) is 1.58. The van der Waals surface area contributed by atoms with Crippen LogP contribution in [0.1, 0.15) is 48.9 Å². The SMILES string of the molecule is O=C(NCCC1=CCCCC1)c1cc(S(=O)(=O)[C@@H]2CCS(=O)(=O)C2)ccc1F. The summed E-state index contributed by atoms with van der Waals surface area (Å²) in [7, 11) is -7.34. The van der Waals surface area contributed by atoms with Gasteiger partial charge in [0.05, 0.1) is 27.2 Å². The van der Waals surface area contributed by atoms with E-state index in [9.17, 15) is 26.0 Å². The molecule has 28 heavy (non-hydrogen) atoms. The van der Waals surface area contributed by atoms with Gasteiger partial charge in [0.2, 0.25) is 0 Å². The van der Waals surface area contributed by atoms with Crippen LogP contribution in [0.2, 0.25) is 0 Å². The highest BCUT2D eigenvalue weighted by molar-refractivity contribution is 7.96. The first kappa shape index (κ1) is 21.0. The maximum atomic E-state index is 14.1. The third-order valence-corrected chi connectivity index (χ3v) is 9.43. The van der Waals surface area contributed by atoms with E-state index < -0.39 is 42.4 Å². The molecule has 1 N–H and O–H groups in total. The monoisotopic (exact) mass is 429 g/mol. The molecule has 0 saturated carbocycles. The minimum atomic E-state index is -3.96. The Kier molecular flexibility index (Phi) is 6.24. The number of allylic oxidation sites excluding steroid dienone is 1. The van der Waals surface area contributed by atoms with E-state index in [1.54, 1.807) is 0 Å². The van der Waals surface area contributed by atoms with Gasteiger partial charge in [-0.05, 0) is 56.7 Å². The lowest BCUT2D eigenvalue weighted by Crippen LogP contribution is -2.27. The fourth-order valence-corrected chi connectivity index (χ4v) is 8.00. The number of rotatable bonds is 6. The van der Waals surface area contributed by atoms with E-state index >= 15 is 0 Å². The highest BCUT2D eigenvalue weighted by Gasteiger charge is 2.38. The highest BCUT2D eigenvalue weighted by atomic mass is 32.2. The molecule has 1 fully saturated rings. The first-order valence-corrected chi connectivity index (χ1v) is 12.8. The fourth-order valence-electron chi connectivity index (χ4n) is 3.62. The Morgan fingerprint density at radius 2 is 2.04 bits per heavy atom. The lowest BCUT2D eigenvalue weighted by atomic mass is 9.97. The number of halogens is 1. The largest absolute Gasteiger partial charge is 0.352 e. The van der Waals surface area contributed by atoms with E-state index in [-0.39, 0.29) is 22.6 Å². The van der Waals surface area contributed by atoms with Crippen molar-refractivity contribution in [3.63, 3.8) is 0 Å². The molecule has 0 spiro atoms. The van der Waals surface area contributed by atoms with Gasteiger partial charge in [0.25, 0.3) is 5.91 Å². The number of hydrogen-bond donors (Lipinski definition) is 1. The molecule has 1 aliphatic carbocycles. The molecule has 1 heterocycles. The Balaban J connectivity index is 1.72. The zero-order valence-electron chi connectivity index (χ0n) is 15.5. The fraction of sp³-hybridized carbons (Fsp3) is 0.526. The van der Waals surface area contributed by atoms with Gasteiger partial charge in [-0.1, -0.05) is 11.6 Å². The standard InChI is InChI=1S/C19H24FNO5S2/c20-18-7-6-15(28(25,26)16-9-11-27(23,24)13-16)12-17(18)19(22)21-10-8-14-4-2-1-3-5-14/h4,6-7,12,16H,1-3,5,8-11,13H2,(H,21,22)/t16-/m1/s1. The van der Waals surface area contributed by atoms with Gasteiger partial charge in [0, 0.05) is 6.54 Å². The van der Waals surface area contributed by atoms with Gasteiger partial charge in [-0.15, -0.1) is 0 Å². The molecule has 154 valence electrons. The van der Waals surface area contributed by atoms with Crippen LogP contribution in [0.25, 0.3) is 0 Å². The Bertz CT molecular complexity index is 999. The Hall–Kier alpha value is -1.74. The molecular weight excluding hydrogens is 405 g/mol. The van der Waals surface area contributed by atoms with Crippen molar-refractivity contribution >= 4 is 25.6 Å². The van der Waals surface area contributed by atoms with Crippen LogP contribution < -0.4 is 5.32 Å². The molecule has 0 unspecified atom stereocenters. The van der Waals surface area contributed by atoms with Crippen molar-refractivity contribution in [3.05, 3.63) is 41.2 Å². The van der Waals surface area contributed by atoms with E-state index in [1.807, 2.05) is 0 Å². The molecule has 1 amide bonds. The van der Waals surface area contributed by atoms with Crippen molar-refractivity contribution in [2.24, 2.45) is 0 Å². The zero-order chi connectivity index (χ0) is 20.4. The van der Waals surface area contributed by atoms with Crippen LogP contribution in [0.4, 0.5) is 4.39 Å². The number of sulfone groups is 2. The molecule has 1 aliphatic heterocycles. The maximum Gasteiger partial charge on any atom is 0.254 e. The average molecular weight is 430 g/mol. The Labute approximate surface area is 165 Å². The number of benzene rings is 1. The molecule has 1 aromatic rings. The second-order valence-corrected chi connectivity index (χ2v) is 11.8. The summed E-state index contributed by atoms with van der Waals surface area (Å²) < 4.78 is 62.7. The van der Waals surface area contributed by atoms with E-state index in [0.29, 0.717) is 13.0 Å². The van der Waals surface area contributed by atoms with Crippen LogP contribution in [0.15, 0.2) is 34.7 Å². The average Bonchev–Trinajstić information content (AvgIpc) is 3.03. The van der Waals surface area contributed by atoms with E-state index in [1.165, 1.54) is 12.0 Å². The topological polar surface area (TPSA) is 97.4 Å². The number of carbonyl (C=O) groups excluding carboxylic acids is 1. The van der Waals surface area contributed by atoms with E-state index in [4.69, 9.17) is 0 Å². The lowest BCUT2D eigenvalue weighted by Gasteiger charge is -2.14. The van der Waals surface area contributed by atoms with Crippen LogP contribution in [0.5, 0.6) is 0 Å². The molecule has 6 nitrogen and oxygen atoms in total. The van der Waals surface area contributed by atoms with Crippen LogP contribution in [0, 0.1) is 5.82 Å². The third kappa shape index (κ3) is 4.81. The molecule has 1 saturated heterocycles. The van der Waals surface area contributed by atoms with Crippen LogP contribution in [0.3, 0.4) is 0 Å². The minimum absolute atomic E-state index is 0.0126. The predicted molar refractivity (Wildman–Crippen MR) is 104 cm³/mol. The normalized spacial score (nSPS) is 21.9. The molecule has 0 bridgehead atoms. The summed E-state index contributed by atoms with van der Waals surface area (Å²) in [4.78, 5) is 12.1. The van der Waals surface area contributed by atoms with Gasteiger partial charge >= 0.3 is 0 Å². The van der Waals surface area contributed by atoms with Crippen LogP contribution in [-0.2, 0) is 19.7 Å². The van der Waals surface area contributed by atoms with Gasteiger partial charge in [0.15, 0.2) is 19.7 Å². The van der Waals surface area contributed by atoms with Crippen molar-refractivity contribution in [1.82, 2.24) is 5.32 Å². The predicted octanol–water partition coefficient (Wildman–Crippen LogP) is 2.41. The summed E-state index contributed by atoms with van der Waals surface area (Å²) >= 11 is 0. The van der Waals surface area contributed by atoms with E-state index in [2.05, 4.69) is 11.4 Å². The number of amides is 1. The van der Waals surface area contributed by atoms with E-state index in [0.717, 1.165) is 37.5 Å². The summed E-state index contributed by atoms with van der Waals surface area (Å²) in [5.41, 5.74) is 0.922. The van der Waals surface area contributed by atoms with Gasteiger partial charge in [-0.2, -0.15) is 0 Å². The molecule has 0 radical (unpaired) electrons. The second-order valence-electron chi connectivity index (χ2n) is 7.33. The highest BCUT2D eigenvalue weighted by Crippen LogP contribution is 2.27. The minimum Gasteiger partial charge on any atom is -0.352 e. The Morgan fingerprint density at radius 3 is 2.68 bits per heavy atom. The molecule has 9 heteroatoms. The smallest absolute Gasteiger partial charge is 0.254 e. The van der Waals surface area contributed by atoms with Gasteiger partial charge < -0.3 is 5.32 Å². The first-order chi connectivity index (χ1) is 13.2. The van der Waals surface area contributed by atoms with Crippen molar-refractivity contribution < 1.29 is 26.0 Å². The van der Waals surface area contributed by atoms with Crippen LogP contribution >= 0.6 is 0 Å². The summed E-state index contributed by atoms with van der Waals surface area (Å²) in [6, 6.07) is 3.03. The number of nitrogens with one attached hydrogen (secondary N) is 1. The quantitative estimate of drug-likeness (QED) is 0.553. The molecular formula is C19H24FNO5S2. The van der Waals surface area contributed by atoms with Crippen molar-refractivity contribution in [2.75, 3.05) is 18.1 Å². The zero-order valence-corrected chi connectivity index (χ0v) is 17.1. The number of carbonyl (C=O) groups is 1. The van der Waals surface area contributed by atoms with Crippen molar-refractivity contribution in [3.8, 4) is 0 Å². The third-order valence-electron chi connectivity index (χ3n) is 5.26. The second kappa shape index (κ2) is 8.32. The summed E-state index contributed by atoms with van der Waals surface area (Å²) in [5.74, 6) is -2.11. The van der Waals surface area contributed by atoms with Gasteiger partial charge in [0.1, 0.15) is 5.82 Å². The van der Waals surface area contributed by atoms with Crippen molar-refractivity contribution in [2.45, 2.75) is 48.7 Å². The molecule has 2 aliphatic rings. The Morgan fingerprint density at radius 1 is 1.25 bits per heavy atom. The number of hydrogen-bond acceptors (Lipinski definition) is 5. The molecule has 3 rings (SSSR count). The van der Waals surface area contributed by atoms with Gasteiger partial charge in [-0.25, -0.2) is 21.2 Å². The molecule has 0 aromatic heterocycles. The lowest BCUT2D eigenvalue weighted by molar-refractivity contribution is 0.0949. The molecule has 1 aromatic carbocycles. The van der Waals surface area contributed by atoms with Crippen LogP contribution in [-0.4, -0.2) is 46.0 Å². The van der Waals surface area contributed by atoms with Gasteiger partial charge in [-0.3, -0.25) is 4.79 Å². The van der Waals surface area contributed by atoms with Crippen molar-refractivity contribution in [1.29, 1.82) is 0 Å². The maximum absolute atomic E-state index is 14.1. The summed E-state index contributed by atoms with van der Waals surface area (Å²) in [6.07, 6.45) is 7.20. The first-order valence-electron chi connectivity index (χ1n) is 9.39. The summed E-state index contributed by atoms with van der Waals surface area (Å²) in [6.45, 7) is 0.349.